The summed E-state index contributed by atoms with van der Waals surface area (Å²) in [5.41, 5.74) is 0. The van der Waals surface area contributed by atoms with Gasteiger partial charge in [-0.15, -0.1) is 0 Å². The molecule has 0 aliphatic heterocycles. The molecule has 0 rings (SSSR count). The van der Waals surface area contributed by atoms with Gasteiger partial charge in [0.2, 0.25) is 0 Å². The third-order valence-corrected chi connectivity index (χ3v) is 3.89. The summed E-state index contributed by atoms with van der Waals surface area (Å²) in [6.07, 6.45) is 1.39. The summed E-state index contributed by atoms with van der Waals surface area (Å²) in [7, 11) is 1.31. The van der Waals surface area contributed by atoms with E-state index >= 15 is 0 Å². The third kappa shape index (κ3) is 30.6. The maximum Gasteiger partial charge on any atom is 0.331 e. The standard InChI is InChI=1S/C23H44O12/c1-3-26-4-5-27-6-7-28-8-9-29-10-11-30-12-13-31-14-15-32-16-17-33-18-19-34-20-21-35-22-23(24)25-2/h3H,1,4-22H2,2H3. The number of esters is 1. The molecule has 35 heavy (non-hydrogen) atoms. The number of carbonyl (C=O) groups is 1. The summed E-state index contributed by atoms with van der Waals surface area (Å²) in [5.74, 6) is -0.406. The van der Waals surface area contributed by atoms with Gasteiger partial charge in [0.15, 0.2) is 0 Å². The molecule has 0 aromatic carbocycles. The van der Waals surface area contributed by atoms with Crippen LogP contribution in [0, 0.1) is 0 Å². The zero-order valence-corrected chi connectivity index (χ0v) is 21.1. The predicted octanol–water partition coefficient (Wildman–Crippen LogP) is 0.469. The van der Waals surface area contributed by atoms with Crippen molar-refractivity contribution in [3.8, 4) is 0 Å². The SMILES string of the molecule is C=COCCOCCOCCOCCOCCOCCOCCOCCOCCOCC(=O)OC. The first-order valence-electron chi connectivity index (χ1n) is 11.8. The number of hydrogen-bond acceptors (Lipinski definition) is 12. The lowest BCUT2D eigenvalue weighted by molar-refractivity contribution is -0.146. The van der Waals surface area contributed by atoms with E-state index < -0.39 is 5.97 Å². The minimum atomic E-state index is -0.406. The zero-order valence-electron chi connectivity index (χ0n) is 21.1. The van der Waals surface area contributed by atoms with Crippen LogP contribution in [-0.2, 0) is 56.9 Å². The zero-order chi connectivity index (χ0) is 25.5. The molecule has 0 fully saturated rings. The highest BCUT2D eigenvalue weighted by Crippen LogP contribution is 1.86. The van der Waals surface area contributed by atoms with Crippen molar-refractivity contribution in [1.82, 2.24) is 0 Å². The van der Waals surface area contributed by atoms with Crippen LogP contribution in [0.15, 0.2) is 12.8 Å². The van der Waals surface area contributed by atoms with E-state index in [9.17, 15) is 4.79 Å². The fraction of sp³-hybridized carbons (Fsp3) is 0.870. The Balaban J connectivity index is 3.03. The molecule has 0 heterocycles. The van der Waals surface area contributed by atoms with Gasteiger partial charge in [-0.1, -0.05) is 6.58 Å². The molecule has 0 N–H and O–H groups in total. The van der Waals surface area contributed by atoms with E-state index in [1.54, 1.807) is 0 Å². The van der Waals surface area contributed by atoms with Crippen LogP contribution in [0.1, 0.15) is 0 Å². The van der Waals surface area contributed by atoms with Crippen molar-refractivity contribution >= 4 is 5.97 Å². The molecule has 12 nitrogen and oxygen atoms in total. The summed E-state index contributed by atoms with van der Waals surface area (Å²) < 4.78 is 57.4. The molecule has 0 aliphatic rings. The van der Waals surface area contributed by atoms with Crippen LogP contribution in [0.25, 0.3) is 0 Å². The maximum atomic E-state index is 10.8. The van der Waals surface area contributed by atoms with Crippen LogP contribution < -0.4 is 0 Å². The van der Waals surface area contributed by atoms with Crippen LogP contribution in [-0.4, -0.2) is 139 Å². The molecule has 0 saturated heterocycles. The highest BCUT2D eigenvalue weighted by atomic mass is 16.6. The molecule has 0 unspecified atom stereocenters. The number of ether oxygens (including phenoxy) is 11. The molecule has 0 aromatic heterocycles. The Morgan fingerprint density at radius 2 is 0.743 bits per heavy atom. The number of hydrogen-bond donors (Lipinski definition) is 0. The largest absolute Gasteiger partial charge is 0.499 e. The van der Waals surface area contributed by atoms with Crippen molar-refractivity contribution in [2.75, 3.05) is 133 Å². The minimum absolute atomic E-state index is 0.0674. The monoisotopic (exact) mass is 512 g/mol. The Morgan fingerprint density at radius 1 is 0.486 bits per heavy atom. The molecule has 0 spiro atoms. The van der Waals surface area contributed by atoms with Crippen LogP contribution in [0.2, 0.25) is 0 Å². The van der Waals surface area contributed by atoms with E-state index in [0.29, 0.717) is 119 Å². The fourth-order valence-electron chi connectivity index (χ4n) is 2.16. The fourth-order valence-corrected chi connectivity index (χ4v) is 2.16. The summed E-state index contributed by atoms with van der Waals surface area (Å²) in [4.78, 5) is 10.8. The highest BCUT2D eigenvalue weighted by molar-refractivity contribution is 5.70. The second kappa shape index (κ2) is 30.7. The lowest BCUT2D eigenvalue weighted by Crippen LogP contribution is -2.16. The average Bonchev–Trinajstić information content (AvgIpc) is 2.87. The van der Waals surface area contributed by atoms with E-state index in [4.69, 9.17) is 47.4 Å². The molecule has 0 amide bonds. The first-order chi connectivity index (χ1) is 17.3. The van der Waals surface area contributed by atoms with Crippen LogP contribution in [0.3, 0.4) is 0 Å². The van der Waals surface area contributed by atoms with Crippen molar-refractivity contribution in [3.05, 3.63) is 12.8 Å². The van der Waals surface area contributed by atoms with Crippen molar-refractivity contribution in [2.45, 2.75) is 0 Å². The topological polar surface area (TPSA) is 119 Å². The van der Waals surface area contributed by atoms with Gasteiger partial charge < -0.3 is 52.1 Å². The molecular formula is C23H44O12. The Hall–Kier alpha value is -1.35. The molecule has 0 aromatic rings. The van der Waals surface area contributed by atoms with Gasteiger partial charge in [-0.05, 0) is 0 Å². The van der Waals surface area contributed by atoms with Gasteiger partial charge in [0.25, 0.3) is 0 Å². The molecule has 0 atom stereocenters. The Labute approximate surface area is 208 Å². The van der Waals surface area contributed by atoms with Gasteiger partial charge in [-0.2, -0.15) is 0 Å². The molecule has 0 bridgehead atoms. The first kappa shape index (κ1) is 33.7. The summed E-state index contributed by atoms with van der Waals surface area (Å²) in [6, 6.07) is 0. The molecule has 12 heteroatoms. The van der Waals surface area contributed by atoms with Crippen molar-refractivity contribution in [3.63, 3.8) is 0 Å². The van der Waals surface area contributed by atoms with Gasteiger partial charge in [0.1, 0.15) is 13.2 Å². The van der Waals surface area contributed by atoms with E-state index in [1.165, 1.54) is 13.4 Å². The van der Waals surface area contributed by atoms with Gasteiger partial charge >= 0.3 is 5.97 Å². The molecule has 0 radical (unpaired) electrons. The van der Waals surface area contributed by atoms with E-state index in [-0.39, 0.29) is 6.61 Å². The van der Waals surface area contributed by atoms with Gasteiger partial charge in [0.05, 0.1) is 126 Å². The lowest BCUT2D eigenvalue weighted by Gasteiger charge is -2.08. The molecule has 0 saturated carbocycles. The summed E-state index contributed by atoms with van der Waals surface area (Å²) in [6.45, 7) is 12.1. The van der Waals surface area contributed by atoms with Crippen molar-refractivity contribution in [1.29, 1.82) is 0 Å². The normalized spacial score (nSPS) is 11.0. The molecular weight excluding hydrogens is 468 g/mol. The van der Waals surface area contributed by atoms with E-state index in [2.05, 4.69) is 11.3 Å². The molecule has 0 aliphatic carbocycles. The number of carbonyl (C=O) groups excluding carboxylic acids is 1. The number of methoxy groups -OCH3 is 1. The van der Waals surface area contributed by atoms with Gasteiger partial charge in [0, 0.05) is 0 Å². The van der Waals surface area contributed by atoms with Gasteiger partial charge in [-0.3, -0.25) is 0 Å². The quantitative estimate of drug-likeness (QED) is 0.0756. The lowest BCUT2D eigenvalue weighted by atomic mass is 10.6. The summed E-state index contributed by atoms with van der Waals surface area (Å²) >= 11 is 0. The second-order valence-electron chi connectivity index (χ2n) is 6.57. The Kier molecular flexibility index (Phi) is 29.5. The number of rotatable bonds is 30. The van der Waals surface area contributed by atoms with Crippen LogP contribution >= 0.6 is 0 Å². The van der Waals surface area contributed by atoms with Crippen molar-refractivity contribution < 1.29 is 56.9 Å². The van der Waals surface area contributed by atoms with E-state index in [0.717, 1.165) is 0 Å². The third-order valence-electron chi connectivity index (χ3n) is 3.89. The summed E-state index contributed by atoms with van der Waals surface area (Å²) in [5, 5.41) is 0. The van der Waals surface area contributed by atoms with Crippen LogP contribution in [0.5, 0.6) is 0 Å². The van der Waals surface area contributed by atoms with Crippen LogP contribution in [0.4, 0.5) is 0 Å². The Bertz CT molecular complexity index is 439. The van der Waals surface area contributed by atoms with Gasteiger partial charge in [-0.25, -0.2) is 4.79 Å². The highest BCUT2D eigenvalue weighted by Gasteiger charge is 1.99. The first-order valence-corrected chi connectivity index (χ1v) is 11.8. The van der Waals surface area contributed by atoms with Crippen molar-refractivity contribution in [2.24, 2.45) is 0 Å². The maximum absolute atomic E-state index is 10.8. The second-order valence-corrected chi connectivity index (χ2v) is 6.57. The van der Waals surface area contributed by atoms with E-state index in [1.807, 2.05) is 0 Å². The minimum Gasteiger partial charge on any atom is -0.499 e. The smallest absolute Gasteiger partial charge is 0.331 e. The average molecular weight is 513 g/mol. The molecule has 208 valence electrons. The Morgan fingerprint density at radius 3 is 1.00 bits per heavy atom. The predicted molar refractivity (Wildman–Crippen MR) is 126 cm³/mol.